The fourth-order valence-corrected chi connectivity index (χ4v) is 2.56. The van der Waals surface area contributed by atoms with Gasteiger partial charge >= 0.3 is 0 Å². The summed E-state index contributed by atoms with van der Waals surface area (Å²) in [5, 5.41) is 6.15. The van der Waals surface area contributed by atoms with E-state index in [2.05, 4.69) is 15.6 Å². The Hall–Kier alpha value is -1.20. The molecule has 1 saturated carbocycles. The van der Waals surface area contributed by atoms with Crippen molar-refractivity contribution < 1.29 is 9.18 Å². The summed E-state index contributed by atoms with van der Waals surface area (Å²) < 4.78 is 13.1. The molecule has 0 atom stereocenters. The highest BCUT2D eigenvalue weighted by atomic mass is 35.5. The molecule has 1 heterocycles. The molecule has 1 amide bonds. The molecule has 6 heteroatoms. The van der Waals surface area contributed by atoms with E-state index in [9.17, 15) is 9.18 Å². The normalized spacial score (nSPS) is 23.1. The van der Waals surface area contributed by atoms with Gasteiger partial charge in [-0.05, 0) is 38.8 Å². The molecule has 0 saturated heterocycles. The second-order valence-electron chi connectivity index (χ2n) is 4.80. The Kier molecular flexibility index (Phi) is 4.71. The smallest absolute Gasteiger partial charge is 0.254 e. The van der Waals surface area contributed by atoms with Crippen LogP contribution < -0.4 is 10.6 Å². The van der Waals surface area contributed by atoms with Gasteiger partial charge in [-0.1, -0.05) is 11.6 Å². The Balaban J connectivity index is 1.96. The van der Waals surface area contributed by atoms with Crippen LogP contribution in [0.25, 0.3) is 0 Å². The van der Waals surface area contributed by atoms with Crippen molar-refractivity contribution in [2.75, 3.05) is 7.05 Å². The van der Waals surface area contributed by atoms with Crippen LogP contribution >= 0.6 is 11.6 Å². The van der Waals surface area contributed by atoms with Gasteiger partial charge in [0.15, 0.2) is 0 Å². The summed E-state index contributed by atoms with van der Waals surface area (Å²) in [6, 6.07) is 1.76. The molecular formula is C13H17ClFN3O. The fourth-order valence-electron chi connectivity index (χ4n) is 2.37. The summed E-state index contributed by atoms with van der Waals surface area (Å²) in [7, 11) is 1.95. The van der Waals surface area contributed by atoms with E-state index >= 15 is 0 Å². The third kappa shape index (κ3) is 3.64. The van der Waals surface area contributed by atoms with E-state index in [0.29, 0.717) is 6.04 Å². The summed E-state index contributed by atoms with van der Waals surface area (Å²) in [5.74, 6) is -0.918. The van der Waals surface area contributed by atoms with E-state index in [1.54, 1.807) is 0 Å². The SMILES string of the molecule is CN[C@H]1CC[C@@H](NC(=O)c2cc(F)cnc2Cl)CC1. The molecule has 0 unspecified atom stereocenters. The molecule has 4 nitrogen and oxygen atoms in total. The number of amides is 1. The van der Waals surface area contributed by atoms with E-state index in [1.165, 1.54) is 0 Å². The summed E-state index contributed by atoms with van der Waals surface area (Å²) in [5.41, 5.74) is 0.0948. The van der Waals surface area contributed by atoms with Crippen molar-refractivity contribution in [1.82, 2.24) is 15.6 Å². The van der Waals surface area contributed by atoms with Gasteiger partial charge in [-0.3, -0.25) is 4.79 Å². The van der Waals surface area contributed by atoms with Crippen molar-refractivity contribution in [3.63, 3.8) is 0 Å². The minimum atomic E-state index is -0.562. The summed E-state index contributed by atoms with van der Waals surface area (Å²) in [4.78, 5) is 15.7. The van der Waals surface area contributed by atoms with E-state index in [0.717, 1.165) is 37.9 Å². The lowest BCUT2D eigenvalue weighted by molar-refractivity contribution is 0.0924. The van der Waals surface area contributed by atoms with Gasteiger partial charge in [0, 0.05) is 12.1 Å². The van der Waals surface area contributed by atoms with Crippen molar-refractivity contribution in [1.29, 1.82) is 0 Å². The molecule has 1 aromatic rings. The van der Waals surface area contributed by atoms with Gasteiger partial charge in [0.2, 0.25) is 0 Å². The first-order chi connectivity index (χ1) is 9.10. The van der Waals surface area contributed by atoms with Crippen LogP contribution in [-0.4, -0.2) is 30.0 Å². The maximum Gasteiger partial charge on any atom is 0.254 e. The topological polar surface area (TPSA) is 54.0 Å². The minimum absolute atomic E-state index is 0.0304. The molecule has 0 bridgehead atoms. The lowest BCUT2D eigenvalue weighted by atomic mass is 9.91. The lowest BCUT2D eigenvalue weighted by Crippen LogP contribution is -2.41. The Morgan fingerprint density at radius 3 is 2.63 bits per heavy atom. The molecule has 0 aromatic carbocycles. The zero-order valence-electron chi connectivity index (χ0n) is 10.7. The van der Waals surface area contributed by atoms with E-state index in [-0.39, 0.29) is 22.7 Å². The lowest BCUT2D eigenvalue weighted by Gasteiger charge is -2.28. The van der Waals surface area contributed by atoms with E-state index in [1.807, 2.05) is 7.05 Å². The Morgan fingerprint density at radius 1 is 1.37 bits per heavy atom. The molecule has 1 fully saturated rings. The molecule has 0 aliphatic heterocycles. The van der Waals surface area contributed by atoms with Crippen LogP contribution in [-0.2, 0) is 0 Å². The zero-order chi connectivity index (χ0) is 13.8. The molecule has 1 aliphatic rings. The van der Waals surface area contributed by atoms with Gasteiger partial charge < -0.3 is 10.6 Å². The van der Waals surface area contributed by atoms with E-state index < -0.39 is 5.82 Å². The molecule has 1 aromatic heterocycles. The first kappa shape index (κ1) is 14.2. The van der Waals surface area contributed by atoms with Crippen molar-refractivity contribution in [2.45, 2.75) is 37.8 Å². The number of aromatic nitrogens is 1. The van der Waals surface area contributed by atoms with Crippen molar-refractivity contribution in [3.05, 3.63) is 28.8 Å². The minimum Gasteiger partial charge on any atom is -0.349 e. The molecule has 2 rings (SSSR count). The number of hydrogen-bond donors (Lipinski definition) is 2. The molecule has 19 heavy (non-hydrogen) atoms. The van der Waals surface area contributed by atoms with Gasteiger partial charge in [-0.2, -0.15) is 0 Å². The van der Waals surface area contributed by atoms with Gasteiger partial charge in [0.05, 0.1) is 11.8 Å². The van der Waals surface area contributed by atoms with Gasteiger partial charge in [-0.25, -0.2) is 9.37 Å². The van der Waals surface area contributed by atoms with Crippen molar-refractivity contribution >= 4 is 17.5 Å². The van der Waals surface area contributed by atoms with Crippen LogP contribution in [0, 0.1) is 5.82 Å². The first-order valence-corrected chi connectivity index (χ1v) is 6.77. The number of pyridine rings is 1. The first-order valence-electron chi connectivity index (χ1n) is 6.39. The van der Waals surface area contributed by atoms with E-state index in [4.69, 9.17) is 11.6 Å². The molecule has 0 spiro atoms. The average molecular weight is 286 g/mol. The number of carbonyl (C=O) groups is 1. The zero-order valence-corrected chi connectivity index (χ0v) is 11.5. The molecular weight excluding hydrogens is 269 g/mol. The standard InChI is InChI=1S/C13H17ClFN3O/c1-16-9-2-4-10(5-3-9)18-13(19)11-6-8(15)7-17-12(11)14/h6-7,9-10,16H,2-5H2,1H3,(H,18,19)/t9-,10+. The maximum absolute atomic E-state index is 13.1. The summed E-state index contributed by atoms with van der Waals surface area (Å²) in [6.07, 6.45) is 4.87. The molecule has 104 valence electrons. The third-order valence-electron chi connectivity index (χ3n) is 3.52. The number of halogens is 2. The van der Waals surface area contributed by atoms with Crippen LogP contribution in [0.3, 0.4) is 0 Å². The van der Waals surface area contributed by atoms with Gasteiger partial charge in [-0.15, -0.1) is 0 Å². The average Bonchev–Trinajstić information content (AvgIpc) is 2.42. The fraction of sp³-hybridized carbons (Fsp3) is 0.538. The van der Waals surface area contributed by atoms with Crippen LogP contribution in [0.15, 0.2) is 12.3 Å². The number of hydrogen-bond acceptors (Lipinski definition) is 3. The largest absolute Gasteiger partial charge is 0.349 e. The predicted molar refractivity (Wildman–Crippen MR) is 71.8 cm³/mol. The van der Waals surface area contributed by atoms with Crippen LogP contribution in [0.4, 0.5) is 4.39 Å². The Labute approximate surface area is 116 Å². The third-order valence-corrected chi connectivity index (χ3v) is 3.82. The number of carbonyl (C=O) groups excluding carboxylic acids is 1. The quantitative estimate of drug-likeness (QED) is 0.837. The Morgan fingerprint density at radius 2 is 2.00 bits per heavy atom. The van der Waals surface area contributed by atoms with Gasteiger partial charge in [0.1, 0.15) is 11.0 Å². The second-order valence-corrected chi connectivity index (χ2v) is 5.16. The second kappa shape index (κ2) is 6.30. The monoisotopic (exact) mass is 285 g/mol. The van der Waals surface area contributed by atoms with Crippen LogP contribution in [0.5, 0.6) is 0 Å². The molecule has 0 radical (unpaired) electrons. The van der Waals surface area contributed by atoms with Crippen molar-refractivity contribution in [2.24, 2.45) is 0 Å². The Bertz CT molecular complexity index is 461. The maximum atomic E-state index is 13.1. The number of nitrogens with one attached hydrogen (secondary N) is 2. The molecule has 2 N–H and O–H groups in total. The molecule has 1 aliphatic carbocycles. The number of nitrogens with zero attached hydrogens (tertiary/aromatic N) is 1. The highest BCUT2D eigenvalue weighted by molar-refractivity contribution is 6.32. The predicted octanol–water partition coefficient (Wildman–Crippen LogP) is 2.13. The highest BCUT2D eigenvalue weighted by Gasteiger charge is 2.22. The van der Waals surface area contributed by atoms with Gasteiger partial charge in [0.25, 0.3) is 5.91 Å². The highest BCUT2D eigenvalue weighted by Crippen LogP contribution is 2.20. The van der Waals surface area contributed by atoms with Crippen LogP contribution in [0.1, 0.15) is 36.0 Å². The summed E-state index contributed by atoms with van der Waals surface area (Å²) >= 11 is 5.81. The van der Waals surface area contributed by atoms with Crippen molar-refractivity contribution in [3.8, 4) is 0 Å². The summed E-state index contributed by atoms with van der Waals surface area (Å²) in [6.45, 7) is 0. The number of rotatable bonds is 3. The van der Waals surface area contributed by atoms with Crippen LogP contribution in [0.2, 0.25) is 5.15 Å².